The lowest BCUT2D eigenvalue weighted by Gasteiger charge is -2.11. The maximum Gasteiger partial charge on any atom is 0.336 e. The molecule has 0 saturated heterocycles. The number of rotatable bonds is 3. The molecule has 4 nitrogen and oxygen atoms in total. The largest absolute Gasteiger partial charge is 0.496 e. The first kappa shape index (κ1) is 16.3. The summed E-state index contributed by atoms with van der Waals surface area (Å²) in [5.74, 6) is -0.215. The second-order valence-corrected chi connectivity index (χ2v) is 6.02. The number of nitrogens with zero attached hydrogens (tertiary/aromatic N) is 1. The lowest BCUT2D eigenvalue weighted by Crippen LogP contribution is -2.01. The summed E-state index contributed by atoms with van der Waals surface area (Å²) in [5, 5.41) is 10.7. The molecule has 1 aromatic heterocycles. The van der Waals surface area contributed by atoms with Crippen molar-refractivity contribution in [1.29, 1.82) is 0 Å². The van der Waals surface area contributed by atoms with Crippen molar-refractivity contribution in [1.82, 2.24) is 4.98 Å². The van der Waals surface area contributed by atoms with Crippen LogP contribution >= 0.6 is 11.6 Å². The van der Waals surface area contributed by atoms with Crippen LogP contribution in [0.1, 0.15) is 21.5 Å². The number of ether oxygens (including phenoxy) is 1. The van der Waals surface area contributed by atoms with E-state index < -0.39 is 5.97 Å². The minimum absolute atomic E-state index is 0.211. The van der Waals surface area contributed by atoms with Gasteiger partial charge in [0.15, 0.2) is 0 Å². The molecule has 1 heterocycles. The summed E-state index contributed by atoms with van der Waals surface area (Å²) in [6.07, 6.45) is 0. The Hall–Kier alpha value is -2.59. The number of aromatic carboxylic acids is 1. The van der Waals surface area contributed by atoms with Gasteiger partial charge in [0.1, 0.15) is 5.75 Å². The number of hydrogen-bond acceptors (Lipinski definition) is 3. The number of aryl methyl sites for hydroxylation is 2. The first-order valence-corrected chi connectivity index (χ1v) is 7.78. The number of carboxylic acid groups (broad SMARTS) is 1. The molecule has 0 aliphatic rings. The predicted octanol–water partition coefficient (Wildman–Crippen LogP) is 4.88. The lowest BCUT2D eigenvalue weighted by molar-refractivity contribution is 0.0699. The molecule has 3 aromatic rings. The number of carboxylic acids is 1. The summed E-state index contributed by atoms with van der Waals surface area (Å²) in [4.78, 5) is 16.3. The standard InChI is InChI=1S/C19H16ClNO3/c1-10-8-12(4-7-17(10)24-3)16-9-14(19(22)23)13-5-6-15(20)11(2)18(13)21-16/h4-9H,1-3H3,(H,22,23). The van der Waals surface area contributed by atoms with Crippen LogP contribution in [0.5, 0.6) is 5.75 Å². The van der Waals surface area contributed by atoms with Gasteiger partial charge in [-0.3, -0.25) is 0 Å². The highest BCUT2D eigenvalue weighted by atomic mass is 35.5. The molecule has 0 saturated carbocycles. The summed E-state index contributed by atoms with van der Waals surface area (Å²) < 4.78 is 5.27. The van der Waals surface area contributed by atoms with Crippen LogP contribution in [0, 0.1) is 13.8 Å². The van der Waals surface area contributed by atoms with Crippen LogP contribution < -0.4 is 4.74 Å². The Morgan fingerprint density at radius 2 is 1.92 bits per heavy atom. The number of pyridine rings is 1. The molecule has 0 bridgehead atoms. The van der Waals surface area contributed by atoms with E-state index in [1.807, 2.05) is 32.0 Å². The molecule has 122 valence electrons. The van der Waals surface area contributed by atoms with Crippen molar-refractivity contribution in [2.24, 2.45) is 0 Å². The molecule has 24 heavy (non-hydrogen) atoms. The van der Waals surface area contributed by atoms with Gasteiger partial charge < -0.3 is 9.84 Å². The van der Waals surface area contributed by atoms with Gasteiger partial charge in [-0.25, -0.2) is 9.78 Å². The summed E-state index contributed by atoms with van der Waals surface area (Å²) in [7, 11) is 1.62. The van der Waals surface area contributed by atoms with Gasteiger partial charge in [-0.15, -0.1) is 0 Å². The van der Waals surface area contributed by atoms with Gasteiger partial charge in [-0.2, -0.15) is 0 Å². The second-order valence-electron chi connectivity index (χ2n) is 5.61. The first-order chi connectivity index (χ1) is 11.4. The number of aromatic nitrogens is 1. The van der Waals surface area contributed by atoms with Crippen LogP contribution in [0.15, 0.2) is 36.4 Å². The fraction of sp³-hybridized carbons (Fsp3) is 0.158. The summed E-state index contributed by atoms with van der Waals surface area (Å²) in [6, 6.07) is 10.6. The molecule has 0 amide bonds. The Bertz CT molecular complexity index is 966. The van der Waals surface area contributed by atoms with Crippen molar-refractivity contribution < 1.29 is 14.6 Å². The molecule has 1 N–H and O–H groups in total. The number of halogens is 1. The van der Waals surface area contributed by atoms with Gasteiger partial charge in [0, 0.05) is 16.0 Å². The third-order valence-corrected chi connectivity index (χ3v) is 4.50. The van der Waals surface area contributed by atoms with Crippen LogP contribution in [0.4, 0.5) is 0 Å². The van der Waals surface area contributed by atoms with E-state index in [1.165, 1.54) is 0 Å². The van der Waals surface area contributed by atoms with Crippen LogP contribution in [-0.4, -0.2) is 23.2 Å². The molecule has 0 spiro atoms. The Morgan fingerprint density at radius 1 is 1.17 bits per heavy atom. The minimum Gasteiger partial charge on any atom is -0.496 e. The minimum atomic E-state index is -0.990. The normalized spacial score (nSPS) is 10.8. The van der Waals surface area contributed by atoms with Crippen molar-refractivity contribution in [3.05, 3.63) is 58.1 Å². The monoisotopic (exact) mass is 341 g/mol. The zero-order valence-corrected chi connectivity index (χ0v) is 14.3. The van der Waals surface area contributed by atoms with Crippen molar-refractivity contribution in [3.63, 3.8) is 0 Å². The average Bonchev–Trinajstić information content (AvgIpc) is 2.57. The topological polar surface area (TPSA) is 59.4 Å². The number of carbonyl (C=O) groups is 1. The molecule has 0 aliphatic heterocycles. The Morgan fingerprint density at radius 3 is 2.54 bits per heavy atom. The molecule has 2 aromatic carbocycles. The van der Waals surface area contributed by atoms with E-state index in [0.29, 0.717) is 21.6 Å². The van der Waals surface area contributed by atoms with Crippen LogP contribution in [0.3, 0.4) is 0 Å². The van der Waals surface area contributed by atoms with Gasteiger partial charge in [-0.1, -0.05) is 17.7 Å². The van der Waals surface area contributed by atoms with E-state index in [4.69, 9.17) is 16.3 Å². The number of methoxy groups -OCH3 is 1. The fourth-order valence-electron chi connectivity index (χ4n) is 2.77. The maximum atomic E-state index is 11.7. The van der Waals surface area contributed by atoms with Crippen LogP contribution in [0.25, 0.3) is 22.2 Å². The van der Waals surface area contributed by atoms with E-state index in [-0.39, 0.29) is 5.56 Å². The van der Waals surface area contributed by atoms with Crippen molar-refractivity contribution in [2.75, 3.05) is 7.11 Å². The number of benzene rings is 2. The molecule has 3 rings (SSSR count). The van der Waals surface area contributed by atoms with Gasteiger partial charge in [0.2, 0.25) is 0 Å². The third kappa shape index (κ3) is 2.69. The summed E-state index contributed by atoms with van der Waals surface area (Å²) >= 11 is 6.18. The smallest absolute Gasteiger partial charge is 0.336 e. The van der Waals surface area contributed by atoms with Crippen molar-refractivity contribution in [2.45, 2.75) is 13.8 Å². The lowest BCUT2D eigenvalue weighted by atomic mass is 10.0. The highest BCUT2D eigenvalue weighted by molar-refractivity contribution is 6.32. The predicted molar refractivity (Wildman–Crippen MR) is 95.2 cm³/mol. The molecule has 0 aliphatic carbocycles. The molecular weight excluding hydrogens is 326 g/mol. The molecule has 0 fully saturated rings. The molecule has 0 radical (unpaired) electrons. The summed E-state index contributed by atoms with van der Waals surface area (Å²) in [6.45, 7) is 3.77. The Labute approximate surface area is 144 Å². The van der Waals surface area contributed by atoms with Gasteiger partial charge in [-0.05, 0) is 55.3 Å². The van der Waals surface area contributed by atoms with E-state index in [9.17, 15) is 9.90 Å². The van der Waals surface area contributed by atoms with Crippen LogP contribution in [-0.2, 0) is 0 Å². The van der Waals surface area contributed by atoms with E-state index in [0.717, 1.165) is 22.4 Å². The molecular formula is C19H16ClNO3. The third-order valence-electron chi connectivity index (χ3n) is 4.09. The Balaban J connectivity index is 2.31. The molecule has 5 heteroatoms. The van der Waals surface area contributed by atoms with Crippen molar-refractivity contribution in [3.8, 4) is 17.0 Å². The molecule has 0 unspecified atom stereocenters. The first-order valence-electron chi connectivity index (χ1n) is 7.40. The maximum absolute atomic E-state index is 11.7. The summed E-state index contributed by atoms with van der Waals surface area (Å²) in [5.41, 5.74) is 3.96. The van der Waals surface area contributed by atoms with E-state index in [2.05, 4.69) is 4.98 Å². The number of fused-ring (bicyclic) bond motifs is 1. The number of hydrogen-bond donors (Lipinski definition) is 1. The SMILES string of the molecule is COc1ccc(-c2cc(C(=O)O)c3ccc(Cl)c(C)c3n2)cc1C. The zero-order valence-electron chi connectivity index (χ0n) is 13.6. The van der Waals surface area contributed by atoms with E-state index >= 15 is 0 Å². The average molecular weight is 342 g/mol. The van der Waals surface area contributed by atoms with Crippen LogP contribution in [0.2, 0.25) is 5.02 Å². The van der Waals surface area contributed by atoms with Gasteiger partial charge in [0.25, 0.3) is 0 Å². The molecule has 0 atom stereocenters. The van der Waals surface area contributed by atoms with Gasteiger partial charge >= 0.3 is 5.97 Å². The highest BCUT2D eigenvalue weighted by Crippen LogP contribution is 2.31. The van der Waals surface area contributed by atoms with E-state index in [1.54, 1.807) is 25.3 Å². The second kappa shape index (κ2) is 6.13. The Kier molecular flexibility index (Phi) is 4.16. The van der Waals surface area contributed by atoms with Gasteiger partial charge in [0.05, 0.1) is 23.9 Å². The quantitative estimate of drug-likeness (QED) is 0.737. The highest BCUT2D eigenvalue weighted by Gasteiger charge is 2.16. The van der Waals surface area contributed by atoms with Crippen molar-refractivity contribution >= 4 is 28.5 Å². The zero-order chi connectivity index (χ0) is 17.4. The fourth-order valence-corrected chi connectivity index (χ4v) is 2.92.